The molecule has 3 heterocycles. The van der Waals surface area contributed by atoms with Crippen LogP contribution in [0.1, 0.15) is 42.5 Å². The maximum absolute atomic E-state index is 12.6. The van der Waals surface area contributed by atoms with Gasteiger partial charge in [0.25, 0.3) is 5.91 Å². The highest BCUT2D eigenvalue weighted by Gasteiger charge is 2.21. The molecule has 158 valence electrons. The Kier molecular flexibility index (Phi) is 5.82. The number of amides is 1. The molecule has 0 saturated heterocycles. The first-order chi connectivity index (χ1) is 15.2. The number of anilines is 1. The normalized spacial score (nSPS) is 13.6. The van der Waals surface area contributed by atoms with Crippen molar-refractivity contribution in [3.8, 4) is 11.3 Å². The number of aryl methyl sites for hydroxylation is 1. The van der Waals surface area contributed by atoms with Gasteiger partial charge in [0.2, 0.25) is 0 Å². The Labute approximate surface area is 193 Å². The van der Waals surface area contributed by atoms with E-state index in [2.05, 4.69) is 25.6 Å². The number of hydrogen-bond donors (Lipinski definition) is 1. The Hall–Kier alpha value is -2.58. The summed E-state index contributed by atoms with van der Waals surface area (Å²) in [5.41, 5.74) is 3.22. The second-order valence-corrected chi connectivity index (χ2v) is 9.45. The Morgan fingerprint density at radius 1 is 1.23 bits per heavy atom. The number of pyridine rings is 1. The van der Waals surface area contributed by atoms with Crippen molar-refractivity contribution in [2.24, 2.45) is 5.92 Å². The summed E-state index contributed by atoms with van der Waals surface area (Å²) in [6, 6.07) is 12.1. The summed E-state index contributed by atoms with van der Waals surface area (Å²) in [6.45, 7) is 0.780. The van der Waals surface area contributed by atoms with Gasteiger partial charge in [-0.05, 0) is 45.9 Å². The Morgan fingerprint density at radius 2 is 2.06 bits per heavy atom. The summed E-state index contributed by atoms with van der Waals surface area (Å²) < 4.78 is 6.82. The van der Waals surface area contributed by atoms with Gasteiger partial charge in [-0.3, -0.25) is 4.79 Å². The highest BCUT2D eigenvalue weighted by molar-refractivity contribution is 9.10. The number of hydrogen-bond acceptors (Lipinski definition) is 5. The number of unbranched alkanes of at least 4 members (excludes halogenated alkanes) is 1. The molecule has 0 aliphatic heterocycles. The first-order valence-corrected chi connectivity index (χ1v) is 12.1. The van der Waals surface area contributed by atoms with Crippen LogP contribution in [0, 0.1) is 5.92 Å². The molecule has 6 nitrogen and oxygen atoms in total. The highest BCUT2D eigenvalue weighted by atomic mass is 79.9. The molecule has 1 amide bonds. The number of rotatable bonds is 8. The van der Waals surface area contributed by atoms with Crippen LogP contribution in [0.2, 0.25) is 0 Å². The Morgan fingerprint density at radius 3 is 2.81 bits per heavy atom. The van der Waals surface area contributed by atoms with Gasteiger partial charge in [0.1, 0.15) is 0 Å². The average molecular weight is 496 g/mol. The van der Waals surface area contributed by atoms with Gasteiger partial charge in [-0.15, -0.1) is 0 Å². The van der Waals surface area contributed by atoms with Gasteiger partial charge in [0, 0.05) is 22.0 Å². The van der Waals surface area contributed by atoms with Crippen LogP contribution < -0.4 is 5.32 Å². The Balaban J connectivity index is 1.49. The van der Waals surface area contributed by atoms with Crippen molar-refractivity contribution >= 4 is 50.2 Å². The van der Waals surface area contributed by atoms with Gasteiger partial charge in [-0.2, -0.15) is 5.10 Å². The molecule has 1 aliphatic rings. The van der Waals surface area contributed by atoms with Crippen molar-refractivity contribution < 1.29 is 4.79 Å². The first-order valence-electron chi connectivity index (χ1n) is 10.5. The van der Waals surface area contributed by atoms with E-state index in [1.807, 2.05) is 41.1 Å². The molecule has 31 heavy (non-hydrogen) atoms. The number of carbonyl (C=O) groups is 1. The van der Waals surface area contributed by atoms with E-state index in [9.17, 15) is 4.79 Å². The zero-order valence-electron chi connectivity index (χ0n) is 16.9. The van der Waals surface area contributed by atoms with Crippen LogP contribution in [0.3, 0.4) is 0 Å². The molecular weight excluding hydrogens is 474 g/mol. The van der Waals surface area contributed by atoms with E-state index in [-0.39, 0.29) is 5.91 Å². The molecule has 5 rings (SSSR count). The zero-order chi connectivity index (χ0) is 21.2. The zero-order valence-corrected chi connectivity index (χ0v) is 19.3. The van der Waals surface area contributed by atoms with Crippen LogP contribution in [-0.4, -0.2) is 25.0 Å². The summed E-state index contributed by atoms with van der Waals surface area (Å²) in [5.74, 6) is 1.25. The first kappa shape index (κ1) is 20.3. The molecule has 1 N–H and O–H groups in total. The van der Waals surface area contributed by atoms with E-state index >= 15 is 0 Å². The standard InChI is InChI=1S/C23H22BrN5OS/c24-19-12-18-21(27-23(30)17-13-25-31-14-17)28-29(11-5-4-6-15-9-10-15)22(18)26-20(19)16-7-2-1-3-8-16/h1-3,7-8,12-15H,4-6,9-11H2,(H,27,28,30). The van der Waals surface area contributed by atoms with E-state index in [1.165, 1.54) is 37.2 Å². The Bertz CT molecular complexity index is 1200. The van der Waals surface area contributed by atoms with Gasteiger partial charge >= 0.3 is 0 Å². The van der Waals surface area contributed by atoms with Crippen LogP contribution in [0.25, 0.3) is 22.3 Å². The second-order valence-electron chi connectivity index (χ2n) is 7.93. The molecule has 1 aliphatic carbocycles. The molecule has 0 spiro atoms. The molecule has 1 aromatic carbocycles. The van der Waals surface area contributed by atoms with Gasteiger partial charge in [0.05, 0.1) is 22.8 Å². The van der Waals surface area contributed by atoms with Crippen LogP contribution in [0.5, 0.6) is 0 Å². The fraction of sp³-hybridized carbons (Fsp3) is 0.304. The largest absolute Gasteiger partial charge is 0.304 e. The number of nitrogens with zero attached hydrogens (tertiary/aromatic N) is 4. The molecule has 4 aromatic rings. The predicted octanol–water partition coefficient (Wildman–Crippen LogP) is 6.15. The van der Waals surface area contributed by atoms with Crippen LogP contribution in [0.4, 0.5) is 5.82 Å². The van der Waals surface area contributed by atoms with E-state index < -0.39 is 0 Å². The summed E-state index contributed by atoms with van der Waals surface area (Å²) in [6.07, 6.45) is 7.87. The minimum absolute atomic E-state index is 0.211. The lowest BCUT2D eigenvalue weighted by atomic mass is 10.1. The molecule has 1 fully saturated rings. The summed E-state index contributed by atoms with van der Waals surface area (Å²) in [4.78, 5) is 17.6. The molecule has 0 atom stereocenters. The molecule has 0 radical (unpaired) electrons. The van der Waals surface area contributed by atoms with Gasteiger partial charge in [0.15, 0.2) is 11.5 Å². The lowest BCUT2D eigenvalue weighted by Gasteiger charge is -2.07. The third kappa shape index (κ3) is 4.55. The number of carbonyl (C=O) groups excluding carboxylic acids is 1. The van der Waals surface area contributed by atoms with Crippen LogP contribution >= 0.6 is 27.5 Å². The minimum Gasteiger partial charge on any atom is -0.304 e. The van der Waals surface area contributed by atoms with E-state index in [0.29, 0.717) is 11.4 Å². The number of halogens is 1. The van der Waals surface area contributed by atoms with Crippen molar-refractivity contribution in [2.45, 2.75) is 38.6 Å². The quantitative estimate of drug-likeness (QED) is 0.297. The van der Waals surface area contributed by atoms with E-state index in [4.69, 9.17) is 10.1 Å². The summed E-state index contributed by atoms with van der Waals surface area (Å²) in [5, 5.41) is 10.2. The average Bonchev–Trinajstić information content (AvgIpc) is 3.32. The van der Waals surface area contributed by atoms with E-state index in [0.717, 1.165) is 45.6 Å². The highest BCUT2D eigenvalue weighted by Crippen LogP contribution is 2.35. The molecule has 0 unspecified atom stereocenters. The number of benzene rings is 1. The van der Waals surface area contributed by atoms with Crippen LogP contribution in [0.15, 0.2) is 52.4 Å². The van der Waals surface area contributed by atoms with Crippen molar-refractivity contribution in [3.05, 3.63) is 58.0 Å². The van der Waals surface area contributed by atoms with Gasteiger partial charge < -0.3 is 5.32 Å². The maximum atomic E-state index is 12.6. The van der Waals surface area contributed by atoms with Crippen molar-refractivity contribution in [2.75, 3.05) is 5.32 Å². The SMILES string of the molecule is O=C(Nc1nn(CCCCC2CC2)c2nc(-c3ccccc3)c(Br)cc12)c1cnsc1. The predicted molar refractivity (Wildman–Crippen MR) is 127 cm³/mol. The monoisotopic (exact) mass is 495 g/mol. The number of fused-ring (bicyclic) bond motifs is 1. The van der Waals surface area contributed by atoms with Crippen molar-refractivity contribution in [1.29, 1.82) is 0 Å². The minimum atomic E-state index is -0.211. The fourth-order valence-corrected chi connectivity index (χ4v) is 4.78. The summed E-state index contributed by atoms with van der Waals surface area (Å²) in [7, 11) is 0. The second kappa shape index (κ2) is 8.88. The smallest absolute Gasteiger partial charge is 0.259 e. The topological polar surface area (TPSA) is 72.7 Å². The molecule has 3 aromatic heterocycles. The lowest BCUT2D eigenvalue weighted by molar-refractivity contribution is 0.102. The van der Waals surface area contributed by atoms with Gasteiger partial charge in [-0.1, -0.05) is 56.0 Å². The summed E-state index contributed by atoms with van der Waals surface area (Å²) >= 11 is 4.92. The fourth-order valence-electron chi connectivity index (χ4n) is 3.72. The number of aromatic nitrogens is 4. The molecule has 8 heteroatoms. The van der Waals surface area contributed by atoms with Gasteiger partial charge in [-0.25, -0.2) is 14.0 Å². The molecule has 1 saturated carbocycles. The maximum Gasteiger partial charge on any atom is 0.259 e. The van der Waals surface area contributed by atoms with Crippen molar-refractivity contribution in [3.63, 3.8) is 0 Å². The van der Waals surface area contributed by atoms with Crippen LogP contribution in [-0.2, 0) is 6.54 Å². The third-order valence-electron chi connectivity index (χ3n) is 5.58. The number of nitrogens with one attached hydrogen (secondary N) is 1. The lowest BCUT2D eigenvalue weighted by Crippen LogP contribution is -2.12. The van der Waals surface area contributed by atoms with E-state index in [1.54, 1.807) is 11.6 Å². The molecular formula is C23H22BrN5OS. The third-order valence-corrected chi connectivity index (χ3v) is 6.77. The molecule has 0 bridgehead atoms. The van der Waals surface area contributed by atoms with Crippen molar-refractivity contribution in [1.82, 2.24) is 19.1 Å².